The van der Waals surface area contributed by atoms with Crippen molar-refractivity contribution in [1.82, 2.24) is 4.57 Å². The fourth-order valence-corrected chi connectivity index (χ4v) is 8.05. The van der Waals surface area contributed by atoms with Crippen molar-refractivity contribution in [3.8, 4) is 16.8 Å². The third-order valence-electron chi connectivity index (χ3n) is 10.4. The molecule has 0 amide bonds. The largest absolute Gasteiger partial charge is 0.455 e. The van der Waals surface area contributed by atoms with Crippen LogP contribution in [0.15, 0.2) is 191 Å². The van der Waals surface area contributed by atoms with Crippen LogP contribution in [0.3, 0.4) is 0 Å². The number of benzene rings is 8. The maximum absolute atomic E-state index is 6.65. The van der Waals surface area contributed by atoms with E-state index in [1.807, 2.05) is 24.3 Å². The van der Waals surface area contributed by atoms with Crippen LogP contribution in [0, 0.1) is 0 Å². The Kier molecular flexibility index (Phi) is 6.22. The lowest BCUT2D eigenvalue weighted by Crippen LogP contribution is -2.10. The predicted molar refractivity (Wildman–Crippen MR) is 215 cm³/mol. The van der Waals surface area contributed by atoms with Crippen molar-refractivity contribution in [2.45, 2.75) is 0 Å². The second kappa shape index (κ2) is 11.2. The zero-order valence-corrected chi connectivity index (χ0v) is 28.0. The van der Waals surface area contributed by atoms with E-state index in [0.29, 0.717) is 0 Å². The Bertz CT molecular complexity index is 3130. The Labute approximate surface area is 299 Å². The van der Waals surface area contributed by atoms with Crippen molar-refractivity contribution in [2.24, 2.45) is 0 Å². The number of hydrogen-bond donors (Lipinski definition) is 0. The molecule has 4 heteroatoms. The molecule has 0 saturated carbocycles. The highest BCUT2D eigenvalue weighted by Crippen LogP contribution is 2.45. The average Bonchev–Trinajstić information content (AvgIpc) is 3.89. The summed E-state index contributed by atoms with van der Waals surface area (Å²) in [6.07, 6.45) is 0. The van der Waals surface area contributed by atoms with Gasteiger partial charge in [0.1, 0.15) is 16.7 Å². The minimum Gasteiger partial charge on any atom is -0.455 e. The molecule has 11 aromatic rings. The van der Waals surface area contributed by atoms with Gasteiger partial charge in [-0.05, 0) is 66.2 Å². The fraction of sp³-hybridized carbons (Fsp3) is 0. The van der Waals surface area contributed by atoms with E-state index in [1.165, 1.54) is 16.3 Å². The molecule has 0 saturated heterocycles. The number of aromatic nitrogens is 1. The summed E-state index contributed by atoms with van der Waals surface area (Å²) in [6.45, 7) is 0. The molecule has 0 spiro atoms. The number of nitrogens with zero attached hydrogens (tertiary/aromatic N) is 2. The third-order valence-corrected chi connectivity index (χ3v) is 10.4. The first-order valence-electron chi connectivity index (χ1n) is 17.6. The van der Waals surface area contributed by atoms with E-state index in [0.717, 1.165) is 83.3 Å². The highest BCUT2D eigenvalue weighted by atomic mass is 16.3. The third kappa shape index (κ3) is 4.28. The topological polar surface area (TPSA) is 34.5 Å². The van der Waals surface area contributed by atoms with Crippen molar-refractivity contribution >= 4 is 82.7 Å². The minimum absolute atomic E-state index is 0.850. The highest BCUT2D eigenvalue weighted by molar-refractivity contribution is 6.13. The number of rotatable bonds is 5. The smallest absolute Gasteiger partial charge is 0.159 e. The van der Waals surface area contributed by atoms with E-state index in [-0.39, 0.29) is 0 Å². The van der Waals surface area contributed by atoms with Crippen molar-refractivity contribution in [3.63, 3.8) is 0 Å². The van der Waals surface area contributed by atoms with E-state index in [4.69, 9.17) is 8.83 Å². The highest BCUT2D eigenvalue weighted by Gasteiger charge is 2.22. The SMILES string of the molecule is c1ccc(-n2c3ccccc3c3ccc(N(c4ccc(-c5cccc6c5oc5ccccc56)cc4)c4cccc5c4oc4ccccc45)cc32)cc1. The standard InChI is InChI=1S/C48H30N2O2/c1-2-12-32(13-3-1)50-42-20-7-4-14-36(42)37-29-28-34(30-44(37)50)49(43-21-11-19-41-39-16-6-9-23-46(39)52-48(41)43)33-26-24-31(25-27-33)35-17-10-18-40-38-15-5-8-22-45(38)51-47(35)40/h1-30H. The van der Waals surface area contributed by atoms with Crippen molar-refractivity contribution in [2.75, 3.05) is 4.90 Å². The summed E-state index contributed by atoms with van der Waals surface area (Å²) in [5.41, 5.74) is 12.2. The van der Waals surface area contributed by atoms with Gasteiger partial charge in [0.25, 0.3) is 0 Å². The van der Waals surface area contributed by atoms with Gasteiger partial charge in [-0.2, -0.15) is 0 Å². The average molecular weight is 667 g/mol. The van der Waals surface area contributed by atoms with Crippen molar-refractivity contribution < 1.29 is 8.83 Å². The van der Waals surface area contributed by atoms with E-state index >= 15 is 0 Å². The van der Waals surface area contributed by atoms with Crippen LogP contribution in [-0.4, -0.2) is 4.57 Å². The number of furan rings is 2. The van der Waals surface area contributed by atoms with E-state index in [2.05, 4.69) is 167 Å². The van der Waals surface area contributed by atoms with Gasteiger partial charge in [0.15, 0.2) is 5.58 Å². The quantitative estimate of drug-likeness (QED) is 0.183. The Morgan fingerprint density at radius 2 is 0.962 bits per heavy atom. The van der Waals surface area contributed by atoms with E-state index < -0.39 is 0 Å². The molecule has 8 aromatic carbocycles. The Morgan fingerprint density at radius 1 is 0.385 bits per heavy atom. The van der Waals surface area contributed by atoms with Gasteiger partial charge >= 0.3 is 0 Å². The molecule has 0 aliphatic carbocycles. The fourth-order valence-electron chi connectivity index (χ4n) is 8.05. The van der Waals surface area contributed by atoms with Gasteiger partial charge in [-0.1, -0.05) is 121 Å². The maximum atomic E-state index is 6.65. The van der Waals surface area contributed by atoms with Gasteiger partial charge < -0.3 is 18.3 Å². The number of fused-ring (bicyclic) bond motifs is 9. The molecule has 0 unspecified atom stereocenters. The molecule has 244 valence electrons. The summed E-state index contributed by atoms with van der Waals surface area (Å²) < 4.78 is 15.4. The first-order valence-corrected chi connectivity index (χ1v) is 17.6. The second-order valence-corrected chi connectivity index (χ2v) is 13.3. The summed E-state index contributed by atoms with van der Waals surface area (Å²) in [4.78, 5) is 2.32. The van der Waals surface area contributed by atoms with E-state index in [9.17, 15) is 0 Å². The van der Waals surface area contributed by atoms with Gasteiger partial charge in [0, 0.05) is 54.9 Å². The van der Waals surface area contributed by atoms with Crippen molar-refractivity contribution in [1.29, 1.82) is 0 Å². The van der Waals surface area contributed by atoms with Gasteiger partial charge in [0.05, 0.1) is 16.7 Å². The summed E-state index contributed by atoms with van der Waals surface area (Å²) in [5.74, 6) is 0. The summed E-state index contributed by atoms with van der Waals surface area (Å²) in [5, 5.41) is 6.88. The van der Waals surface area contributed by atoms with Gasteiger partial charge in [-0.15, -0.1) is 0 Å². The van der Waals surface area contributed by atoms with Crippen LogP contribution >= 0.6 is 0 Å². The summed E-state index contributed by atoms with van der Waals surface area (Å²) in [6, 6.07) is 64.2. The number of para-hydroxylation sites is 6. The molecule has 3 heterocycles. The van der Waals surface area contributed by atoms with E-state index in [1.54, 1.807) is 0 Å². The van der Waals surface area contributed by atoms with Crippen LogP contribution < -0.4 is 4.90 Å². The first-order chi connectivity index (χ1) is 25.8. The lowest BCUT2D eigenvalue weighted by atomic mass is 10.0. The molecular formula is C48H30N2O2. The molecule has 52 heavy (non-hydrogen) atoms. The normalized spacial score (nSPS) is 11.8. The molecule has 0 fully saturated rings. The van der Waals surface area contributed by atoms with Crippen LogP contribution in [0.2, 0.25) is 0 Å². The van der Waals surface area contributed by atoms with Crippen LogP contribution in [0.25, 0.3) is 82.5 Å². The minimum atomic E-state index is 0.850. The number of anilines is 3. The Balaban J connectivity index is 1.14. The molecule has 0 aliphatic heterocycles. The molecule has 0 N–H and O–H groups in total. The molecule has 11 rings (SSSR count). The number of hydrogen-bond acceptors (Lipinski definition) is 3. The lowest BCUT2D eigenvalue weighted by molar-refractivity contribution is 0.669. The molecule has 3 aromatic heterocycles. The molecule has 0 aliphatic rings. The van der Waals surface area contributed by atoms with Gasteiger partial charge in [-0.3, -0.25) is 0 Å². The van der Waals surface area contributed by atoms with Gasteiger partial charge in [-0.25, -0.2) is 0 Å². The summed E-state index contributed by atoms with van der Waals surface area (Å²) in [7, 11) is 0. The molecule has 0 radical (unpaired) electrons. The van der Waals surface area contributed by atoms with Crippen LogP contribution in [-0.2, 0) is 0 Å². The molecule has 0 bridgehead atoms. The Hall–Kier alpha value is -7.04. The van der Waals surface area contributed by atoms with Crippen LogP contribution in [0.4, 0.5) is 17.1 Å². The van der Waals surface area contributed by atoms with Crippen LogP contribution in [0.5, 0.6) is 0 Å². The second-order valence-electron chi connectivity index (χ2n) is 13.3. The first kappa shape index (κ1) is 28.8. The van der Waals surface area contributed by atoms with Crippen LogP contribution in [0.1, 0.15) is 0 Å². The monoisotopic (exact) mass is 666 g/mol. The predicted octanol–water partition coefficient (Wildman–Crippen LogP) is 13.7. The maximum Gasteiger partial charge on any atom is 0.159 e. The summed E-state index contributed by atoms with van der Waals surface area (Å²) >= 11 is 0. The molecule has 0 atom stereocenters. The molecule has 4 nitrogen and oxygen atoms in total. The lowest BCUT2D eigenvalue weighted by Gasteiger charge is -2.26. The zero-order valence-electron chi connectivity index (χ0n) is 28.0. The Morgan fingerprint density at radius 3 is 1.73 bits per heavy atom. The van der Waals surface area contributed by atoms with Crippen molar-refractivity contribution in [3.05, 3.63) is 182 Å². The van der Waals surface area contributed by atoms with Gasteiger partial charge in [0.2, 0.25) is 0 Å². The zero-order chi connectivity index (χ0) is 34.2. The molecular weight excluding hydrogens is 637 g/mol.